The number of hydrogen-bond donors (Lipinski definition) is 3. The van der Waals surface area contributed by atoms with Crippen molar-refractivity contribution in [2.75, 3.05) is 11.9 Å². The van der Waals surface area contributed by atoms with Crippen LogP contribution < -0.4 is 16.0 Å². The fourth-order valence-corrected chi connectivity index (χ4v) is 2.29. The van der Waals surface area contributed by atoms with E-state index < -0.39 is 17.6 Å². The van der Waals surface area contributed by atoms with Gasteiger partial charge in [-0.05, 0) is 64.2 Å². The third-order valence-corrected chi connectivity index (χ3v) is 3.75. The number of anilines is 1. The summed E-state index contributed by atoms with van der Waals surface area (Å²) in [6, 6.07) is 6.76. The van der Waals surface area contributed by atoms with Crippen molar-refractivity contribution in [1.82, 2.24) is 10.6 Å². The summed E-state index contributed by atoms with van der Waals surface area (Å²) in [7, 11) is 0. The standard InChI is InChI=1S/C19H29N3O3/c1-13(17(23)21-18(24)22-19(2,3)4)20-16-7-5-6-15(10-16)12-25-11-14-8-9-14/h5-7,10,13-14,20H,8-9,11-12H2,1-4H3,(H2,21,22,23,24)/t13-/m1/s1. The van der Waals surface area contributed by atoms with E-state index in [-0.39, 0.29) is 5.91 Å². The Morgan fingerprint density at radius 3 is 2.64 bits per heavy atom. The van der Waals surface area contributed by atoms with Crippen molar-refractivity contribution in [1.29, 1.82) is 0 Å². The zero-order valence-corrected chi connectivity index (χ0v) is 15.5. The average molecular weight is 347 g/mol. The Balaban J connectivity index is 1.80. The summed E-state index contributed by atoms with van der Waals surface area (Å²) in [4.78, 5) is 23.9. The molecule has 1 aliphatic rings. The molecule has 0 heterocycles. The second-order valence-corrected chi connectivity index (χ2v) is 7.72. The third kappa shape index (κ3) is 7.56. The van der Waals surface area contributed by atoms with Crippen LogP contribution in [0.4, 0.5) is 10.5 Å². The molecule has 0 radical (unpaired) electrons. The van der Waals surface area contributed by atoms with Gasteiger partial charge in [0.1, 0.15) is 6.04 Å². The number of hydrogen-bond acceptors (Lipinski definition) is 4. The number of carbonyl (C=O) groups is 2. The normalized spacial score (nSPS) is 15.4. The van der Waals surface area contributed by atoms with Gasteiger partial charge in [-0.15, -0.1) is 0 Å². The van der Waals surface area contributed by atoms with Gasteiger partial charge < -0.3 is 15.4 Å². The Morgan fingerprint density at radius 1 is 1.28 bits per heavy atom. The average Bonchev–Trinajstić information content (AvgIpc) is 3.29. The second-order valence-electron chi connectivity index (χ2n) is 7.72. The van der Waals surface area contributed by atoms with Crippen molar-refractivity contribution in [3.63, 3.8) is 0 Å². The molecular formula is C19H29N3O3. The summed E-state index contributed by atoms with van der Waals surface area (Å²) >= 11 is 0. The number of nitrogens with one attached hydrogen (secondary N) is 3. The smallest absolute Gasteiger partial charge is 0.321 e. The lowest BCUT2D eigenvalue weighted by Gasteiger charge is -2.21. The maximum Gasteiger partial charge on any atom is 0.321 e. The van der Waals surface area contributed by atoms with Gasteiger partial charge in [-0.25, -0.2) is 4.79 Å². The van der Waals surface area contributed by atoms with Crippen LogP contribution in [0.1, 0.15) is 46.1 Å². The van der Waals surface area contributed by atoms with E-state index in [4.69, 9.17) is 4.74 Å². The molecule has 3 amide bonds. The van der Waals surface area contributed by atoms with Crippen LogP contribution in [-0.2, 0) is 16.1 Å². The molecule has 0 bridgehead atoms. The highest BCUT2D eigenvalue weighted by atomic mass is 16.5. The molecule has 25 heavy (non-hydrogen) atoms. The molecule has 1 fully saturated rings. The first-order chi connectivity index (χ1) is 11.7. The molecule has 1 aromatic carbocycles. The van der Waals surface area contributed by atoms with Gasteiger partial charge in [0, 0.05) is 17.8 Å². The first-order valence-electron chi connectivity index (χ1n) is 8.79. The summed E-state index contributed by atoms with van der Waals surface area (Å²) in [6.45, 7) is 8.68. The molecular weight excluding hydrogens is 318 g/mol. The highest BCUT2D eigenvalue weighted by Crippen LogP contribution is 2.29. The number of imide groups is 1. The fourth-order valence-electron chi connectivity index (χ4n) is 2.29. The van der Waals surface area contributed by atoms with Gasteiger partial charge in [-0.3, -0.25) is 10.1 Å². The topological polar surface area (TPSA) is 79.5 Å². The van der Waals surface area contributed by atoms with Gasteiger partial charge in [0.15, 0.2) is 0 Å². The van der Waals surface area contributed by atoms with Crippen molar-refractivity contribution in [3.05, 3.63) is 29.8 Å². The highest BCUT2D eigenvalue weighted by molar-refractivity contribution is 5.98. The fraction of sp³-hybridized carbons (Fsp3) is 0.579. The molecule has 1 atom stereocenters. The predicted molar refractivity (Wildman–Crippen MR) is 98.3 cm³/mol. The van der Waals surface area contributed by atoms with Gasteiger partial charge in [0.25, 0.3) is 0 Å². The van der Waals surface area contributed by atoms with Crippen LogP contribution in [0.2, 0.25) is 0 Å². The van der Waals surface area contributed by atoms with Crippen LogP contribution in [0, 0.1) is 5.92 Å². The summed E-state index contributed by atoms with van der Waals surface area (Å²) in [5, 5.41) is 8.16. The first-order valence-corrected chi connectivity index (χ1v) is 8.79. The minimum Gasteiger partial charge on any atom is -0.376 e. The van der Waals surface area contributed by atoms with E-state index in [1.54, 1.807) is 6.92 Å². The molecule has 2 rings (SSSR count). The summed E-state index contributed by atoms with van der Waals surface area (Å²) < 4.78 is 5.69. The first kappa shape index (κ1) is 19.2. The van der Waals surface area contributed by atoms with E-state index in [2.05, 4.69) is 16.0 Å². The molecule has 6 heteroatoms. The summed E-state index contributed by atoms with van der Waals surface area (Å²) in [6.07, 6.45) is 2.55. The van der Waals surface area contributed by atoms with Gasteiger partial charge >= 0.3 is 6.03 Å². The molecule has 0 spiro atoms. The van der Waals surface area contributed by atoms with E-state index in [1.165, 1.54) is 12.8 Å². The minimum absolute atomic E-state index is 0.378. The number of ether oxygens (including phenoxy) is 1. The summed E-state index contributed by atoms with van der Waals surface area (Å²) in [5.41, 5.74) is 1.49. The van der Waals surface area contributed by atoms with Crippen molar-refractivity contribution >= 4 is 17.6 Å². The molecule has 0 saturated heterocycles. The molecule has 3 N–H and O–H groups in total. The molecule has 1 aliphatic carbocycles. The zero-order chi connectivity index (χ0) is 18.4. The van der Waals surface area contributed by atoms with E-state index in [0.29, 0.717) is 6.61 Å². The molecule has 6 nitrogen and oxygen atoms in total. The van der Waals surface area contributed by atoms with Crippen LogP contribution in [0.15, 0.2) is 24.3 Å². The second kappa shape index (κ2) is 8.34. The lowest BCUT2D eigenvalue weighted by atomic mass is 10.1. The number of urea groups is 1. The quantitative estimate of drug-likeness (QED) is 0.708. The van der Waals surface area contributed by atoms with E-state index >= 15 is 0 Å². The Kier molecular flexibility index (Phi) is 6.42. The largest absolute Gasteiger partial charge is 0.376 e. The van der Waals surface area contributed by atoms with Gasteiger partial charge in [-0.2, -0.15) is 0 Å². The number of amides is 3. The van der Waals surface area contributed by atoms with Crippen molar-refractivity contribution in [3.8, 4) is 0 Å². The Morgan fingerprint density at radius 2 is 2.00 bits per heavy atom. The Bertz CT molecular complexity index is 606. The monoisotopic (exact) mass is 347 g/mol. The zero-order valence-electron chi connectivity index (χ0n) is 15.5. The minimum atomic E-state index is -0.534. The predicted octanol–water partition coefficient (Wildman–Crippen LogP) is 3.04. The maximum absolute atomic E-state index is 12.1. The van der Waals surface area contributed by atoms with Crippen molar-refractivity contribution < 1.29 is 14.3 Å². The number of carbonyl (C=O) groups excluding carboxylic acids is 2. The molecule has 0 aliphatic heterocycles. The SMILES string of the molecule is C[C@@H](Nc1cccc(COCC2CC2)c1)C(=O)NC(=O)NC(C)(C)C. The molecule has 138 valence electrons. The summed E-state index contributed by atoms with van der Waals surface area (Å²) in [5.74, 6) is 0.362. The number of rotatable bonds is 7. The highest BCUT2D eigenvalue weighted by Gasteiger charge is 2.21. The van der Waals surface area contributed by atoms with Crippen LogP contribution in [0.5, 0.6) is 0 Å². The van der Waals surface area contributed by atoms with E-state index in [1.807, 2.05) is 45.0 Å². The Labute approximate surface area is 149 Å². The van der Waals surface area contributed by atoms with Crippen LogP contribution in [-0.4, -0.2) is 30.1 Å². The van der Waals surface area contributed by atoms with E-state index in [9.17, 15) is 9.59 Å². The molecule has 0 unspecified atom stereocenters. The van der Waals surface area contributed by atoms with Crippen molar-refractivity contribution in [2.24, 2.45) is 5.92 Å². The molecule has 0 aromatic heterocycles. The van der Waals surface area contributed by atoms with Gasteiger partial charge in [-0.1, -0.05) is 12.1 Å². The van der Waals surface area contributed by atoms with E-state index in [0.717, 1.165) is 23.8 Å². The van der Waals surface area contributed by atoms with Crippen molar-refractivity contribution in [2.45, 2.75) is 58.7 Å². The van der Waals surface area contributed by atoms with Crippen LogP contribution in [0.25, 0.3) is 0 Å². The molecule has 1 aromatic rings. The third-order valence-electron chi connectivity index (χ3n) is 3.75. The lowest BCUT2D eigenvalue weighted by molar-refractivity contribution is -0.120. The van der Waals surface area contributed by atoms with Gasteiger partial charge in [0.2, 0.25) is 5.91 Å². The lowest BCUT2D eigenvalue weighted by Crippen LogP contribution is -2.51. The van der Waals surface area contributed by atoms with Gasteiger partial charge in [0.05, 0.1) is 6.61 Å². The molecule has 1 saturated carbocycles. The van der Waals surface area contributed by atoms with Crippen LogP contribution >= 0.6 is 0 Å². The number of benzene rings is 1. The maximum atomic E-state index is 12.1. The Hall–Kier alpha value is -2.08. The van der Waals surface area contributed by atoms with Crippen LogP contribution in [0.3, 0.4) is 0 Å².